The predicted octanol–water partition coefficient (Wildman–Crippen LogP) is 3.48. The topological polar surface area (TPSA) is 94.2 Å². The van der Waals surface area contributed by atoms with Crippen molar-refractivity contribution in [2.24, 2.45) is 17.8 Å². The van der Waals surface area contributed by atoms with Crippen molar-refractivity contribution in [3.63, 3.8) is 0 Å². The minimum absolute atomic E-state index is 0.0111. The van der Waals surface area contributed by atoms with Gasteiger partial charge in [0, 0.05) is 31.3 Å². The minimum Gasteiger partial charge on any atom is -0.464 e. The maximum absolute atomic E-state index is 13.7. The molecule has 0 aromatic heterocycles. The Morgan fingerprint density at radius 3 is 2.54 bits per heavy atom. The molecule has 37 heavy (non-hydrogen) atoms. The summed E-state index contributed by atoms with van der Waals surface area (Å²) in [5.74, 6) is -0.813. The predicted molar refractivity (Wildman–Crippen MR) is 138 cm³/mol. The first-order valence-corrected chi connectivity index (χ1v) is 14.0. The number of amides is 2. The second-order valence-corrected chi connectivity index (χ2v) is 10.7. The van der Waals surface area contributed by atoms with Gasteiger partial charge < -0.3 is 24.4 Å². The van der Waals surface area contributed by atoms with Crippen molar-refractivity contribution < 1.29 is 28.6 Å². The van der Waals surface area contributed by atoms with Crippen molar-refractivity contribution in [3.8, 4) is 0 Å². The van der Waals surface area contributed by atoms with Crippen molar-refractivity contribution in [1.82, 2.24) is 10.2 Å². The summed E-state index contributed by atoms with van der Waals surface area (Å²) >= 11 is 0. The zero-order valence-corrected chi connectivity index (χ0v) is 22.1. The second-order valence-electron chi connectivity index (χ2n) is 10.7. The lowest BCUT2D eigenvalue weighted by Gasteiger charge is -2.31. The van der Waals surface area contributed by atoms with Crippen LogP contribution in [-0.2, 0) is 35.2 Å². The van der Waals surface area contributed by atoms with E-state index in [0.29, 0.717) is 58.3 Å². The maximum Gasteiger partial charge on any atom is 0.332 e. The molecule has 2 saturated carbocycles. The number of morpholine rings is 1. The molecule has 0 bridgehead atoms. The largest absolute Gasteiger partial charge is 0.464 e. The van der Waals surface area contributed by atoms with Crippen molar-refractivity contribution in [3.05, 3.63) is 35.9 Å². The van der Waals surface area contributed by atoms with Crippen LogP contribution in [0.1, 0.15) is 63.9 Å². The third-order valence-electron chi connectivity index (χ3n) is 8.02. The van der Waals surface area contributed by atoms with Crippen LogP contribution in [0.25, 0.3) is 0 Å². The highest BCUT2D eigenvalue weighted by atomic mass is 16.5. The Morgan fingerprint density at radius 1 is 1.11 bits per heavy atom. The number of nitrogens with one attached hydrogen (secondary N) is 1. The number of hydrogen-bond donors (Lipinski definition) is 1. The zero-order valence-electron chi connectivity index (χ0n) is 22.1. The molecule has 1 N–H and O–H groups in total. The third kappa shape index (κ3) is 7.54. The van der Waals surface area contributed by atoms with E-state index >= 15 is 0 Å². The SMILES string of the molecule is CCOC(=O)[C@]1(NC(=O)[C@@H](CC(=O)N2CCOCC2)CC2CCCCC2)CC1COCc1ccccc1. The van der Waals surface area contributed by atoms with Gasteiger partial charge in [0.25, 0.3) is 0 Å². The summed E-state index contributed by atoms with van der Waals surface area (Å²) in [6, 6.07) is 9.87. The van der Waals surface area contributed by atoms with Crippen LogP contribution in [0.2, 0.25) is 0 Å². The smallest absolute Gasteiger partial charge is 0.332 e. The van der Waals surface area contributed by atoms with Crippen LogP contribution in [0.5, 0.6) is 0 Å². The fraction of sp³-hybridized carbons (Fsp3) is 0.690. The Balaban J connectivity index is 1.40. The summed E-state index contributed by atoms with van der Waals surface area (Å²) in [5, 5.41) is 3.06. The monoisotopic (exact) mass is 514 g/mol. The molecular weight excluding hydrogens is 472 g/mol. The highest BCUT2D eigenvalue weighted by Gasteiger charge is 2.62. The fourth-order valence-electron chi connectivity index (χ4n) is 5.72. The lowest BCUT2D eigenvalue weighted by Crippen LogP contribution is -2.50. The van der Waals surface area contributed by atoms with Crippen molar-refractivity contribution in [2.45, 2.75) is 70.4 Å². The summed E-state index contributed by atoms with van der Waals surface area (Å²) in [7, 11) is 0. The van der Waals surface area contributed by atoms with Crippen LogP contribution in [0, 0.1) is 17.8 Å². The van der Waals surface area contributed by atoms with Gasteiger partial charge in [0.1, 0.15) is 5.54 Å². The molecule has 3 fully saturated rings. The number of nitrogens with zero attached hydrogens (tertiary/aromatic N) is 1. The lowest BCUT2D eigenvalue weighted by molar-refractivity contribution is -0.150. The Hall–Kier alpha value is -2.45. The highest BCUT2D eigenvalue weighted by molar-refractivity contribution is 5.93. The molecule has 2 amide bonds. The molecule has 204 valence electrons. The van der Waals surface area contributed by atoms with E-state index in [1.165, 1.54) is 19.3 Å². The maximum atomic E-state index is 13.7. The van der Waals surface area contributed by atoms with Crippen LogP contribution in [0.15, 0.2) is 30.3 Å². The van der Waals surface area contributed by atoms with Gasteiger partial charge in [-0.1, -0.05) is 62.4 Å². The van der Waals surface area contributed by atoms with E-state index in [1.54, 1.807) is 11.8 Å². The number of hydrogen-bond acceptors (Lipinski definition) is 6. The van der Waals surface area contributed by atoms with E-state index in [4.69, 9.17) is 14.2 Å². The van der Waals surface area contributed by atoms with Gasteiger partial charge in [-0.15, -0.1) is 0 Å². The van der Waals surface area contributed by atoms with Crippen molar-refractivity contribution >= 4 is 17.8 Å². The van der Waals surface area contributed by atoms with Gasteiger partial charge in [0.15, 0.2) is 0 Å². The fourth-order valence-corrected chi connectivity index (χ4v) is 5.72. The van der Waals surface area contributed by atoms with Gasteiger partial charge in [0.2, 0.25) is 11.8 Å². The van der Waals surface area contributed by atoms with Gasteiger partial charge in [-0.05, 0) is 31.2 Å². The minimum atomic E-state index is -1.07. The van der Waals surface area contributed by atoms with Crippen LogP contribution >= 0.6 is 0 Å². The summed E-state index contributed by atoms with van der Waals surface area (Å²) in [6.45, 7) is 4.99. The number of esters is 1. The van der Waals surface area contributed by atoms with E-state index in [1.807, 2.05) is 30.3 Å². The Morgan fingerprint density at radius 2 is 1.84 bits per heavy atom. The summed E-state index contributed by atoms with van der Waals surface area (Å²) < 4.78 is 16.7. The van der Waals surface area contributed by atoms with Gasteiger partial charge in [0.05, 0.1) is 33.0 Å². The molecule has 1 unspecified atom stereocenters. The lowest BCUT2D eigenvalue weighted by atomic mass is 9.81. The van der Waals surface area contributed by atoms with E-state index in [-0.39, 0.29) is 30.8 Å². The van der Waals surface area contributed by atoms with E-state index < -0.39 is 17.4 Å². The Kier molecular flexibility index (Phi) is 9.97. The van der Waals surface area contributed by atoms with Crippen LogP contribution in [0.4, 0.5) is 0 Å². The normalized spacial score (nSPS) is 24.8. The first kappa shape index (κ1) is 27.6. The van der Waals surface area contributed by atoms with E-state index in [9.17, 15) is 14.4 Å². The number of benzene rings is 1. The zero-order chi connectivity index (χ0) is 26.1. The van der Waals surface area contributed by atoms with Crippen LogP contribution < -0.4 is 5.32 Å². The first-order valence-electron chi connectivity index (χ1n) is 14.0. The van der Waals surface area contributed by atoms with Crippen LogP contribution in [-0.4, -0.2) is 67.7 Å². The van der Waals surface area contributed by atoms with Gasteiger partial charge in [-0.3, -0.25) is 9.59 Å². The Bertz CT molecular complexity index is 897. The molecule has 0 spiro atoms. The molecule has 1 aromatic carbocycles. The number of rotatable bonds is 12. The van der Waals surface area contributed by atoms with Crippen LogP contribution in [0.3, 0.4) is 0 Å². The molecule has 0 radical (unpaired) electrons. The van der Waals surface area contributed by atoms with E-state index in [0.717, 1.165) is 18.4 Å². The molecule has 1 aliphatic heterocycles. The molecular formula is C29H42N2O6. The number of carbonyl (C=O) groups is 3. The molecule has 3 aliphatic rings. The summed E-state index contributed by atoms with van der Waals surface area (Å²) in [6.07, 6.45) is 7.08. The van der Waals surface area contributed by atoms with Gasteiger partial charge >= 0.3 is 5.97 Å². The molecule has 3 atom stereocenters. The number of ether oxygens (including phenoxy) is 3. The number of carbonyl (C=O) groups excluding carboxylic acids is 3. The van der Waals surface area contributed by atoms with Gasteiger partial charge in [-0.25, -0.2) is 4.79 Å². The first-order chi connectivity index (χ1) is 18.0. The molecule has 1 heterocycles. The average molecular weight is 515 g/mol. The highest BCUT2D eigenvalue weighted by Crippen LogP contribution is 2.45. The Labute approximate surface area is 220 Å². The molecule has 2 aliphatic carbocycles. The van der Waals surface area contributed by atoms with Crippen molar-refractivity contribution in [1.29, 1.82) is 0 Å². The molecule has 4 rings (SSSR count). The molecule has 1 saturated heterocycles. The third-order valence-corrected chi connectivity index (χ3v) is 8.02. The summed E-state index contributed by atoms with van der Waals surface area (Å²) in [4.78, 5) is 41.6. The van der Waals surface area contributed by atoms with Crippen molar-refractivity contribution in [2.75, 3.05) is 39.5 Å². The van der Waals surface area contributed by atoms with Gasteiger partial charge in [-0.2, -0.15) is 0 Å². The quantitative estimate of drug-likeness (QED) is 0.429. The average Bonchev–Trinajstić information content (AvgIpc) is 3.63. The second kappa shape index (κ2) is 13.4. The summed E-state index contributed by atoms with van der Waals surface area (Å²) in [5.41, 5.74) is -0.0144. The molecule has 1 aromatic rings. The molecule has 8 nitrogen and oxygen atoms in total. The van der Waals surface area contributed by atoms with E-state index in [2.05, 4.69) is 5.32 Å². The molecule has 8 heteroatoms. The standard InChI is InChI=1S/C29H42N2O6/c1-2-37-28(34)29(19-25(29)21-36-20-23-11-7-4-8-12-23)30-27(33)24(17-22-9-5-3-6-10-22)18-26(32)31-13-15-35-16-14-31/h4,7-8,11-12,22,24-25H,2-3,5-6,9-10,13-21H2,1H3,(H,30,33)/t24-,25?,29+/m1/s1.